The third-order valence-electron chi connectivity index (χ3n) is 7.13. The smallest absolute Gasteiger partial charge is 0.128 e. The van der Waals surface area contributed by atoms with Crippen molar-refractivity contribution >= 4 is 17.4 Å². The van der Waals surface area contributed by atoms with E-state index in [9.17, 15) is 0 Å². The highest BCUT2D eigenvalue weighted by Gasteiger charge is 2.39. The summed E-state index contributed by atoms with van der Waals surface area (Å²) in [7, 11) is 0. The highest BCUT2D eigenvalue weighted by Crippen LogP contribution is 2.31. The second-order valence-electron chi connectivity index (χ2n) is 8.88. The Balaban J connectivity index is 1.28. The Hall–Kier alpha value is -1.62. The van der Waals surface area contributed by atoms with E-state index < -0.39 is 0 Å². The number of pyridine rings is 1. The second-order valence-corrected chi connectivity index (χ2v) is 9.31. The maximum absolute atomic E-state index is 6.11. The number of aromatic nitrogens is 1. The Labute approximate surface area is 179 Å². The third-order valence-corrected chi connectivity index (χ3v) is 7.38. The van der Waals surface area contributed by atoms with Crippen LogP contribution in [0, 0.1) is 0 Å². The molecule has 0 aliphatic carbocycles. The molecule has 4 nitrogen and oxygen atoms in total. The molecule has 0 bridgehead atoms. The van der Waals surface area contributed by atoms with E-state index in [4.69, 9.17) is 11.6 Å². The molecule has 2 atom stereocenters. The Morgan fingerprint density at radius 2 is 1.72 bits per heavy atom. The number of hydrogen-bond acceptors (Lipinski definition) is 4. The Morgan fingerprint density at radius 3 is 2.48 bits per heavy atom. The number of piperidine rings is 1. The summed E-state index contributed by atoms with van der Waals surface area (Å²) in [6.45, 7) is 5.97. The van der Waals surface area contributed by atoms with Crippen molar-refractivity contribution in [1.29, 1.82) is 0 Å². The number of anilines is 1. The molecule has 154 valence electrons. The molecule has 4 heterocycles. The highest BCUT2D eigenvalue weighted by molar-refractivity contribution is 6.30. The van der Waals surface area contributed by atoms with E-state index in [0.29, 0.717) is 12.1 Å². The summed E-state index contributed by atoms with van der Waals surface area (Å²) < 4.78 is 0. The minimum Gasteiger partial charge on any atom is -0.357 e. The number of halogens is 1. The Bertz CT molecular complexity index is 788. The predicted molar refractivity (Wildman–Crippen MR) is 120 cm³/mol. The van der Waals surface area contributed by atoms with Crippen LogP contribution in [0.1, 0.15) is 31.2 Å². The molecule has 0 unspecified atom stereocenters. The van der Waals surface area contributed by atoms with Crippen molar-refractivity contribution in [3.8, 4) is 0 Å². The van der Waals surface area contributed by atoms with Gasteiger partial charge in [0.25, 0.3) is 0 Å². The number of piperazine rings is 1. The molecule has 3 fully saturated rings. The van der Waals surface area contributed by atoms with Gasteiger partial charge in [0.15, 0.2) is 0 Å². The first-order chi connectivity index (χ1) is 14.3. The number of rotatable bonds is 4. The van der Waals surface area contributed by atoms with Crippen LogP contribution in [-0.4, -0.2) is 65.6 Å². The molecular formula is C24H31ClN4. The van der Waals surface area contributed by atoms with Crippen molar-refractivity contribution in [3.63, 3.8) is 0 Å². The first kappa shape index (κ1) is 19.3. The normalized spacial score (nSPS) is 26.6. The molecule has 0 saturated carbocycles. The van der Waals surface area contributed by atoms with Gasteiger partial charge in [-0.2, -0.15) is 0 Å². The number of nitrogens with zero attached hydrogens (tertiary/aromatic N) is 4. The highest BCUT2D eigenvalue weighted by atomic mass is 35.5. The van der Waals surface area contributed by atoms with Crippen molar-refractivity contribution in [2.24, 2.45) is 0 Å². The fraction of sp³-hybridized carbons (Fsp3) is 0.542. The van der Waals surface area contributed by atoms with Gasteiger partial charge in [0.1, 0.15) is 5.82 Å². The van der Waals surface area contributed by atoms with E-state index in [1.165, 1.54) is 50.9 Å². The molecule has 5 rings (SSSR count). The Morgan fingerprint density at radius 1 is 0.897 bits per heavy atom. The second kappa shape index (κ2) is 8.63. The molecule has 0 radical (unpaired) electrons. The summed E-state index contributed by atoms with van der Waals surface area (Å²) in [4.78, 5) is 12.6. The number of benzene rings is 1. The zero-order valence-corrected chi connectivity index (χ0v) is 17.8. The van der Waals surface area contributed by atoms with E-state index in [1.807, 2.05) is 24.4 Å². The van der Waals surface area contributed by atoms with Crippen LogP contribution in [0.25, 0.3) is 0 Å². The lowest BCUT2D eigenvalue weighted by atomic mass is 9.94. The zero-order chi connectivity index (χ0) is 19.6. The third kappa shape index (κ3) is 4.30. The van der Waals surface area contributed by atoms with Crippen LogP contribution in [0.2, 0.25) is 5.02 Å². The van der Waals surface area contributed by atoms with Crippen LogP contribution >= 0.6 is 11.6 Å². The maximum Gasteiger partial charge on any atom is 0.128 e. The van der Waals surface area contributed by atoms with E-state index in [-0.39, 0.29) is 0 Å². The summed E-state index contributed by atoms with van der Waals surface area (Å²) in [5.74, 6) is 1.13. The summed E-state index contributed by atoms with van der Waals surface area (Å²) >= 11 is 6.11. The summed E-state index contributed by atoms with van der Waals surface area (Å²) in [6.07, 6.45) is 8.24. The molecule has 29 heavy (non-hydrogen) atoms. The molecule has 2 aromatic rings. The number of hydrogen-bond donors (Lipinski definition) is 0. The van der Waals surface area contributed by atoms with Gasteiger partial charge >= 0.3 is 0 Å². The average Bonchev–Trinajstić information content (AvgIpc) is 3.23. The first-order valence-corrected chi connectivity index (χ1v) is 11.5. The number of fused-ring (bicyclic) bond motifs is 1. The monoisotopic (exact) mass is 410 g/mol. The van der Waals surface area contributed by atoms with E-state index in [0.717, 1.165) is 36.4 Å². The van der Waals surface area contributed by atoms with Crippen molar-refractivity contribution in [1.82, 2.24) is 14.8 Å². The average molecular weight is 411 g/mol. The van der Waals surface area contributed by atoms with Crippen molar-refractivity contribution in [2.45, 2.75) is 50.2 Å². The van der Waals surface area contributed by atoms with Gasteiger partial charge in [0, 0.05) is 55.5 Å². The molecular weight excluding hydrogens is 380 g/mol. The van der Waals surface area contributed by atoms with Gasteiger partial charge < -0.3 is 4.90 Å². The largest absolute Gasteiger partial charge is 0.357 e. The standard InChI is InChI=1S/C24H31ClN4/c25-20-8-6-19(7-9-20)16-23-17-28-13-3-4-22(28)18-29(23)21-10-14-27(15-11-21)24-5-1-2-12-26-24/h1-2,5-9,12,21-23H,3-4,10-11,13-18H2/t22-,23-/m0/s1. The maximum atomic E-state index is 6.11. The van der Waals surface area contributed by atoms with Gasteiger partial charge in [-0.05, 0) is 68.5 Å². The van der Waals surface area contributed by atoms with Crippen LogP contribution in [0.5, 0.6) is 0 Å². The fourth-order valence-corrected chi connectivity index (χ4v) is 5.73. The van der Waals surface area contributed by atoms with Gasteiger partial charge in [-0.1, -0.05) is 29.8 Å². The molecule has 3 aliphatic rings. The van der Waals surface area contributed by atoms with E-state index >= 15 is 0 Å². The van der Waals surface area contributed by atoms with Crippen molar-refractivity contribution in [2.75, 3.05) is 37.6 Å². The molecule has 0 N–H and O–H groups in total. The van der Waals surface area contributed by atoms with Crippen molar-refractivity contribution in [3.05, 3.63) is 59.2 Å². The molecule has 1 aromatic heterocycles. The molecule has 1 aromatic carbocycles. The minimum atomic E-state index is 0.608. The van der Waals surface area contributed by atoms with E-state index in [1.54, 1.807) is 0 Å². The zero-order valence-electron chi connectivity index (χ0n) is 17.1. The van der Waals surface area contributed by atoms with E-state index in [2.05, 4.69) is 43.9 Å². The lowest BCUT2D eigenvalue weighted by molar-refractivity contribution is 0.0127. The van der Waals surface area contributed by atoms with Crippen LogP contribution in [0.3, 0.4) is 0 Å². The van der Waals surface area contributed by atoms with Crippen molar-refractivity contribution < 1.29 is 0 Å². The molecule has 3 aliphatic heterocycles. The molecule has 0 spiro atoms. The minimum absolute atomic E-state index is 0.608. The Kier molecular flexibility index (Phi) is 5.76. The summed E-state index contributed by atoms with van der Waals surface area (Å²) in [5.41, 5.74) is 1.41. The molecule has 3 saturated heterocycles. The fourth-order valence-electron chi connectivity index (χ4n) is 5.60. The topological polar surface area (TPSA) is 22.6 Å². The SMILES string of the molecule is Clc1ccc(C[C@H]2CN3CCC[C@H]3CN2C2CCN(c3ccccn3)CC2)cc1. The van der Waals surface area contributed by atoms with Gasteiger partial charge in [-0.15, -0.1) is 0 Å². The molecule has 5 heteroatoms. The van der Waals surface area contributed by atoms with Crippen LogP contribution < -0.4 is 4.90 Å². The first-order valence-electron chi connectivity index (χ1n) is 11.2. The summed E-state index contributed by atoms with van der Waals surface area (Å²) in [6, 6.07) is 16.8. The quantitative estimate of drug-likeness (QED) is 0.756. The van der Waals surface area contributed by atoms with Crippen LogP contribution in [0.15, 0.2) is 48.7 Å². The van der Waals surface area contributed by atoms with Gasteiger partial charge in [0.2, 0.25) is 0 Å². The van der Waals surface area contributed by atoms with Gasteiger partial charge in [0.05, 0.1) is 0 Å². The molecule has 0 amide bonds. The van der Waals surface area contributed by atoms with Gasteiger partial charge in [-0.3, -0.25) is 9.80 Å². The lowest BCUT2D eigenvalue weighted by Crippen LogP contribution is -2.61. The van der Waals surface area contributed by atoms with Crippen LogP contribution in [0.4, 0.5) is 5.82 Å². The van der Waals surface area contributed by atoms with Crippen LogP contribution in [-0.2, 0) is 6.42 Å². The summed E-state index contributed by atoms with van der Waals surface area (Å²) in [5, 5.41) is 0.829. The predicted octanol–water partition coefficient (Wildman–Crippen LogP) is 4.10. The van der Waals surface area contributed by atoms with Gasteiger partial charge in [-0.25, -0.2) is 4.98 Å². The lowest BCUT2D eigenvalue weighted by Gasteiger charge is -2.49.